The normalized spacial score (nSPS) is 16.5. The number of anilines is 2. The van der Waals surface area contributed by atoms with Crippen molar-refractivity contribution in [2.75, 3.05) is 11.9 Å². The number of carbonyl (C=O) groups excluding carboxylic acids is 1. The topological polar surface area (TPSA) is 102 Å². The molecule has 0 aliphatic carbocycles. The summed E-state index contributed by atoms with van der Waals surface area (Å²) in [5.74, 6) is 1.72. The third-order valence-electron chi connectivity index (χ3n) is 5.43. The van der Waals surface area contributed by atoms with E-state index in [0.717, 1.165) is 42.0 Å². The zero-order valence-corrected chi connectivity index (χ0v) is 18.9. The highest BCUT2D eigenvalue weighted by atomic mass is 16.2. The van der Waals surface area contributed by atoms with Gasteiger partial charge in [0.2, 0.25) is 11.9 Å². The molecule has 0 bridgehead atoms. The molecule has 32 heavy (non-hydrogen) atoms. The molecule has 1 unspecified atom stereocenters. The van der Waals surface area contributed by atoms with Gasteiger partial charge in [-0.15, -0.1) is 0 Å². The molecule has 166 valence electrons. The molecule has 3 aromatic heterocycles. The summed E-state index contributed by atoms with van der Waals surface area (Å²) < 4.78 is 1.73. The van der Waals surface area contributed by atoms with E-state index in [1.165, 1.54) is 0 Å². The summed E-state index contributed by atoms with van der Waals surface area (Å²) in [6.45, 7) is 6.47. The van der Waals surface area contributed by atoms with E-state index in [2.05, 4.69) is 25.4 Å². The van der Waals surface area contributed by atoms with E-state index in [4.69, 9.17) is 4.98 Å². The van der Waals surface area contributed by atoms with E-state index >= 15 is 0 Å². The summed E-state index contributed by atoms with van der Waals surface area (Å²) in [4.78, 5) is 33.2. The Kier molecular flexibility index (Phi) is 6.25. The SMILES string of the molecule is Cc1cc(C)nc(Nc2cc(C)nc(C3CCCCN3C(=O)C=Cc3ccnn3C)n2)n1. The van der Waals surface area contributed by atoms with Gasteiger partial charge in [-0.05, 0) is 58.2 Å². The molecule has 9 nitrogen and oxygen atoms in total. The van der Waals surface area contributed by atoms with Crippen molar-refractivity contribution in [2.45, 2.75) is 46.1 Å². The predicted octanol–water partition coefficient (Wildman–Crippen LogP) is 3.44. The van der Waals surface area contributed by atoms with Crippen molar-refractivity contribution in [3.05, 3.63) is 59.1 Å². The average Bonchev–Trinajstić information content (AvgIpc) is 3.15. The second kappa shape index (κ2) is 9.25. The van der Waals surface area contributed by atoms with Crippen molar-refractivity contribution in [3.8, 4) is 0 Å². The smallest absolute Gasteiger partial charge is 0.247 e. The standard InChI is InChI=1S/C23H28N8O/c1-15-13-16(2)27-23(26-15)29-20-14-17(3)25-22(28-20)19-7-5-6-12-31(19)21(32)9-8-18-10-11-24-30(18)4/h8-11,13-14,19H,5-7,12H2,1-4H3,(H,25,26,27,28,29). The summed E-state index contributed by atoms with van der Waals surface area (Å²) >= 11 is 0. The number of carbonyl (C=O) groups is 1. The van der Waals surface area contributed by atoms with Crippen LogP contribution in [0.1, 0.15) is 53.9 Å². The maximum atomic E-state index is 13.0. The van der Waals surface area contributed by atoms with Gasteiger partial charge in [0, 0.05) is 49.0 Å². The third kappa shape index (κ3) is 4.99. The molecule has 0 saturated carbocycles. The number of aromatic nitrogens is 6. The van der Waals surface area contributed by atoms with Crippen LogP contribution < -0.4 is 5.32 Å². The Morgan fingerprint density at radius 1 is 1.06 bits per heavy atom. The molecule has 9 heteroatoms. The molecule has 4 rings (SSSR count). The van der Waals surface area contributed by atoms with E-state index in [0.29, 0.717) is 24.1 Å². The Morgan fingerprint density at radius 2 is 1.81 bits per heavy atom. The lowest BCUT2D eigenvalue weighted by Gasteiger charge is -2.34. The van der Waals surface area contributed by atoms with Crippen molar-refractivity contribution in [1.82, 2.24) is 34.6 Å². The number of hydrogen-bond donors (Lipinski definition) is 1. The largest absolute Gasteiger partial charge is 0.329 e. The van der Waals surface area contributed by atoms with Gasteiger partial charge >= 0.3 is 0 Å². The van der Waals surface area contributed by atoms with Gasteiger partial charge in [-0.1, -0.05) is 0 Å². The van der Waals surface area contributed by atoms with Gasteiger partial charge in [-0.25, -0.2) is 19.9 Å². The number of piperidine rings is 1. The van der Waals surface area contributed by atoms with E-state index in [1.54, 1.807) is 23.0 Å². The predicted molar refractivity (Wildman–Crippen MR) is 122 cm³/mol. The number of amides is 1. The van der Waals surface area contributed by atoms with Crippen LogP contribution in [0.2, 0.25) is 0 Å². The van der Waals surface area contributed by atoms with E-state index in [9.17, 15) is 4.79 Å². The van der Waals surface area contributed by atoms with Gasteiger partial charge in [-0.3, -0.25) is 9.48 Å². The molecule has 1 amide bonds. The molecule has 1 aliphatic heterocycles. The molecule has 1 saturated heterocycles. The fourth-order valence-electron chi connectivity index (χ4n) is 3.96. The highest BCUT2D eigenvalue weighted by molar-refractivity contribution is 5.91. The number of nitrogens with one attached hydrogen (secondary N) is 1. The Hall–Kier alpha value is -3.62. The van der Waals surface area contributed by atoms with Gasteiger partial charge in [0.1, 0.15) is 5.82 Å². The third-order valence-corrected chi connectivity index (χ3v) is 5.43. The minimum Gasteiger partial charge on any atom is -0.329 e. The Labute approximate surface area is 187 Å². The maximum Gasteiger partial charge on any atom is 0.247 e. The molecule has 0 radical (unpaired) electrons. The van der Waals surface area contributed by atoms with Crippen LogP contribution in [-0.4, -0.2) is 47.1 Å². The van der Waals surface area contributed by atoms with Crippen LogP contribution in [0.5, 0.6) is 0 Å². The van der Waals surface area contributed by atoms with Crippen molar-refractivity contribution in [3.63, 3.8) is 0 Å². The van der Waals surface area contributed by atoms with E-state index in [1.807, 2.05) is 50.9 Å². The first-order valence-corrected chi connectivity index (χ1v) is 10.8. The Balaban J connectivity index is 1.58. The van der Waals surface area contributed by atoms with Crippen molar-refractivity contribution in [1.29, 1.82) is 0 Å². The number of rotatable bonds is 5. The molecule has 1 atom stereocenters. The van der Waals surface area contributed by atoms with Crippen LogP contribution in [0, 0.1) is 20.8 Å². The van der Waals surface area contributed by atoms with Gasteiger partial charge in [0.05, 0.1) is 11.7 Å². The zero-order chi connectivity index (χ0) is 22.7. The van der Waals surface area contributed by atoms with Crippen molar-refractivity contribution >= 4 is 23.7 Å². The average molecular weight is 433 g/mol. The monoisotopic (exact) mass is 432 g/mol. The fourth-order valence-corrected chi connectivity index (χ4v) is 3.96. The molecule has 3 aromatic rings. The van der Waals surface area contributed by atoms with Gasteiger partial charge < -0.3 is 10.2 Å². The van der Waals surface area contributed by atoms with E-state index < -0.39 is 0 Å². The van der Waals surface area contributed by atoms with Crippen LogP contribution in [0.25, 0.3) is 6.08 Å². The Morgan fingerprint density at radius 3 is 2.53 bits per heavy atom. The first-order chi connectivity index (χ1) is 15.4. The minimum absolute atomic E-state index is 0.0480. The van der Waals surface area contributed by atoms with Crippen molar-refractivity contribution < 1.29 is 4.79 Å². The summed E-state index contributed by atoms with van der Waals surface area (Å²) in [7, 11) is 1.85. The first-order valence-electron chi connectivity index (χ1n) is 10.8. The van der Waals surface area contributed by atoms with Crippen LogP contribution in [-0.2, 0) is 11.8 Å². The number of hydrogen-bond acceptors (Lipinski definition) is 7. The minimum atomic E-state index is -0.173. The molecule has 1 N–H and O–H groups in total. The lowest BCUT2D eigenvalue weighted by atomic mass is 10.0. The van der Waals surface area contributed by atoms with Crippen LogP contribution in [0.4, 0.5) is 11.8 Å². The fraction of sp³-hybridized carbons (Fsp3) is 0.391. The molecule has 1 aliphatic rings. The summed E-state index contributed by atoms with van der Waals surface area (Å²) in [5, 5.41) is 7.34. The summed E-state index contributed by atoms with van der Waals surface area (Å²) in [6, 6.07) is 5.48. The quantitative estimate of drug-likeness (QED) is 0.616. The molecular weight excluding hydrogens is 404 g/mol. The highest BCUT2D eigenvalue weighted by Gasteiger charge is 2.29. The maximum absolute atomic E-state index is 13.0. The number of aryl methyl sites for hydroxylation is 4. The van der Waals surface area contributed by atoms with Crippen LogP contribution >= 0.6 is 0 Å². The summed E-state index contributed by atoms with van der Waals surface area (Å²) in [5.41, 5.74) is 3.47. The van der Waals surface area contributed by atoms with Crippen LogP contribution in [0.3, 0.4) is 0 Å². The second-order valence-electron chi connectivity index (χ2n) is 8.11. The van der Waals surface area contributed by atoms with E-state index in [-0.39, 0.29) is 11.9 Å². The molecular formula is C23H28N8O. The van der Waals surface area contributed by atoms with Gasteiger partial charge in [-0.2, -0.15) is 5.10 Å². The first kappa shape index (κ1) is 21.6. The second-order valence-corrected chi connectivity index (χ2v) is 8.11. The molecule has 4 heterocycles. The van der Waals surface area contributed by atoms with Crippen molar-refractivity contribution in [2.24, 2.45) is 7.05 Å². The van der Waals surface area contributed by atoms with Gasteiger partial charge in [0.15, 0.2) is 5.82 Å². The molecule has 1 fully saturated rings. The number of nitrogens with zero attached hydrogens (tertiary/aromatic N) is 7. The lowest BCUT2D eigenvalue weighted by Crippen LogP contribution is -2.38. The zero-order valence-electron chi connectivity index (χ0n) is 18.9. The summed E-state index contributed by atoms with van der Waals surface area (Å²) in [6.07, 6.45) is 7.93. The van der Waals surface area contributed by atoms with Gasteiger partial charge in [0.25, 0.3) is 0 Å². The van der Waals surface area contributed by atoms with Crippen LogP contribution in [0.15, 0.2) is 30.5 Å². The highest BCUT2D eigenvalue weighted by Crippen LogP contribution is 2.30. The lowest BCUT2D eigenvalue weighted by molar-refractivity contribution is -0.129. The Bertz CT molecular complexity index is 1130. The number of likely N-dealkylation sites (tertiary alicyclic amines) is 1. The molecule has 0 spiro atoms. The molecule has 0 aromatic carbocycles.